The second-order valence-corrected chi connectivity index (χ2v) is 4.07. The minimum Gasteiger partial charge on any atom is -0.383 e. The standard InChI is InChI=1S/C11H12BrN3O/c1-8(16)14-4-5-15-10-3-2-9(7-13)11(12)6-10/h2-3,6,15H,4-5H2,1H3,(H,14,16). The normalized spacial score (nSPS) is 9.31. The van der Waals surface area contributed by atoms with Gasteiger partial charge in [-0.2, -0.15) is 5.26 Å². The van der Waals surface area contributed by atoms with Gasteiger partial charge < -0.3 is 10.6 Å². The number of anilines is 1. The van der Waals surface area contributed by atoms with Gasteiger partial charge in [0.25, 0.3) is 0 Å². The van der Waals surface area contributed by atoms with E-state index in [9.17, 15) is 4.79 Å². The maximum absolute atomic E-state index is 10.6. The van der Waals surface area contributed by atoms with E-state index in [1.807, 2.05) is 12.1 Å². The van der Waals surface area contributed by atoms with Crippen molar-refractivity contribution in [3.8, 4) is 6.07 Å². The van der Waals surface area contributed by atoms with Crippen LogP contribution in [0, 0.1) is 11.3 Å². The van der Waals surface area contributed by atoms with E-state index in [2.05, 4.69) is 32.6 Å². The lowest BCUT2D eigenvalue weighted by molar-refractivity contribution is -0.118. The highest BCUT2D eigenvalue weighted by Crippen LogP contribution is 2.20. The number of nitriles is 1. The molecule has 1 aromatic carbocycles. The van der Waals surface area contributed by atoms with Crippen LogP contribution in [-0.4, -0.2) is 19.0 Å². The van der Waals surface area contributed by atoms with Crippen LogP contribution in [0.2, 0.25) is 0 Å². The minimum absolute atomic E-state index is 0.0391. The lowest BCUT2D eigenvalue weighted by atomic mass is 10.2. The van der Waals surface area contributed by atoms with Crippen molar-refractivity contribution in [1.29, 1.82) is 5.26 Å². The molecule has 4 nitrogen and oxygen atoms in total. The summed E-state index contributed by atoms with van der Waals surface area (Å²) in [6.45, 7) is 2.71. The smallest absolute Gasteiger partial charge is 0.216 e. The summed E-state index contributed by atoms with van der Waals surface area (Å²) in [6.07, 6.45) is 0. The lowest BCUT2D eigenvalue weighted by Gasteiger charge is -2.07. The van der Waals surface area contributed by atoms with Gasteiger partial charge in [-0.25, -0.2) is 0 Å². The summed E-state index contributed by atoms with van der Waals surface area (Å²) in [7, 11) is 0. The van der Waals surface area contributed by atoms with Crippen LogP contribution in [0.4, 0.5) is 5.69 Å². The molecule has 0 atom stereocenters. The van der Waals surface area contributed by atoms with Crippen molar-refractivity contribution in [1.82, 2.24) is 5.32 Å². The number of hydrogen-bond donors (Lipinski definition) is 2. The molecular weight excluding hydrogens is 270 g/mol. The van der Waals surface area contributed by atoms with Gasteiger partial charge in [0.2, 0.25) is 5.91 Å². The van der Waals surface area contributed by atoms with Gasteiger partial charge >= 0.3 is 0 Å². The fourth-order valence-corrected chi connectivity index (χ4v) is 1.63. The third-order valence-corrected chi connectivity index (χ3v) is 2.57. The Hall–Kier alpha value is -1.54. The van der Waals surface area contributed by atoms with E-state index in [0.29, 0.717) is 18.7 Å². The second kappa shape index (κ2) is 6.13. The van der Waals surface area contributed by atoms with Crippen LogP contribution in [0.1, 0.15) is 12.5 Å². The predicted molar refractivity (Wildman–Crippen MR) is 66.0 cm³/mol. The van der Waals surface area contributed by atoms with Gasteiger partial charge in [-0.05, 0) is 34.1 Å². The Kier molecular flexibility index (Phi) is 4.80. The van der Waals surface area contributed by atoms with Crippen molar-refractivity contribution in [2.24, 2.45) is 0 Å². The zero-order valence-electron chi connectivity index (χ0n) is 8.88. The van der Waals surface area contributed by atoms with Crippen LogP contribution < -0.4 is 10.6 Å². The number of carbonyl (C=O) groups is 1. The van der Waals surface area contributed by atoms with Crippen molar-refractivity contribution in [3.63, 3.8) is 0 Å². The Balaban J connectivity index is 2.47. The Bertz CT molecular complexity index is 426. The molecule has 0 radical (unpaired) electrons. The SMILES string of the molecule is CC(=O)NCCNc1ccc(C#N)c(Br)c1. The summed E-state index contributed by atoms with van der Waals surface area (Å²) in [5, 5.41) is 14.6. The lowest BCUT2D eigenvalue weighted by Crippen LogP contribution is -2.26. The molecule has 2 N–H and O–H groups in total. The topological polar surface area (TPSA) is 64.9 Å². The molecule has 0 saturated carbocycles. The first-order chi connectivity index (χ1) is 7.63. The quantitative estimate of drug-likeness (QED) is 0.828. The molecule has 0 aromatic heterocycles. The first-order valence-corrected chi connectivity index (χ1v) is 5.60. The van der Waals surface area contributed by atoms with Crippen molar-refractivity contribution >= 4 is 27.5 Å². The van der Waals surface area contributed by atoms with Crippen molar-refractivity contribution in [3.05, 3.63) is 28.2 Å². The van der Waals surface area contributed by atoms with E-state index in [1.54, 1.807) is 6.07 Å². The van der Waals surface area contributed by atoms with E-state index in [1.165, 1.54) is 6.92 Å². The minimum atomic E-state index is -0.0391. The highest BCUT2D eigenvalue weighted by atomic mass is 79.9. The highest BCUT2D eigenvalue weighted by molar-refractivity contribution is 9.10. The molecule has 5 heteroatoms. The Morgan fingerprint density at radius 3 is 2.81 bits per heavy atom. The molecule has 0 unspecified atom stereocenters. The van der Waals surface area contributed by atoms with E-state index in [0.717, 1.165) is 10.2 Å². The monoisotopic (exact) mass is 281 g/mol. The fourth-order valence-electron chi connectivity index (χ4n) is 1.16. The average molecular weight is 282 g/mol. The molecule has 1 rings (SSSR count). The molecule has 0 aliphatic rings. The number of amides is 1. The zero-order chi connectivity index (χ0) is 12.0. The summed E-state index contributed by atoms with van der Waals surface area (Å²) in [5.41, 5.74) is 1.52. The van der Waals surface area contributed by atoms with Crippen LogP contribution in [0.5, 0.6) is 0 Å². The average Bonchev–Trinajstić information content (AvgIpc) is 2.24. The summed E-state index contributed by atoms with van der Waals surface area (Å²) in [4.78, 5) is 10.6. The number of rotatable bonds is 4. The molecule has 0 saturated heterocycles. The molecular formula is C11H12BrN3O. The molecule has 1 aromatic rings. The number of halogens is 1. The highest BCUT2D eigenvalue weighted by Gasteiger charge is 1.99. The van der Waals surface area contributed by atoms with Gasteiger partial charge in [0.1, 0.15) is 6.07 Å². The van der Waals surface area contributed by atoms with Crippen molar-refractivity contribution in [2.75, 3.05) is 18.4 Å². The number of nitrogens with zero attached hydrogens (tertiary/aromatic N) is 1. The number of hydrogen-bond acceptors (Lipinski definition) is 3. The van der Waals surface area contributed by atoms with Gasteiger partial charge in [0.15, 0.2) is 0 Å². The van der Waals surface area contributed by atoms with E-state index >= 15 is 0 Å². The molecule has 0 bridgehead atoms. The maximum Gasteiger partial charge on any atom is 0.216 e. The first-order valence-electron chi connectivity index (χ1n) is 4.81. The van der Waals surface area contributed by atoms with E-state index in [4.69, 9.17) is 5.26 Å². The predicted octanol–water partition coefficient (Wildman–Crippen LogP) is 1.87. The molecule has 16 heavy (non-hydrogen) atoms. The van der Waals surface area contributed by atoms with Gasteiger partial charge in [-0.1, -0.05) is 0 Å². The second-order valence-electron chi connectivity index (χ2n) is 3.22. The largest absolute Gasteiger partial charge is 0.383 e. The molecule has 0 heterocycles. The number of carbonyl (C=O) groups excluding carboxylic acids is 1. The Morgan fingerprint density at radius 1 is 1.50 bits per heavy atom. The number of nitrogens with one attached hydrogen (secondary N) is 2. The first kappa shape index (κ1) is 12.5. The van der Waals surface area contributed by atoms with Crippen LogP contribution in [-0.2, 0) is 4.79 Å². The van der Waals surface area contributed by atoms with Gasteiger partial charge in [-0.3, -0.25) is 4.79 Å². The van der Waals surface area contributed by atoms with E-state index in [-0.39, 0.29) is 5.91 Å². The van der Waals surface area contributed by atoms with Crippen molar-refractivity contribution < 1.29 is 4.79 Å². The van der Waals surface area contributed by atoms with Crippen LogP contribution in [0.3, 0.4) is 0 Å². The van der Waals surface area contributed by atoms with Crippen LogP contribution in [0.15, 0.2) is 22.7 Å². The molecule has 1 amide bonds. The molecule has 0 spiro atoms. The van der Waals surface area contributed by atoms with Crippen LogP contribution >= 0.6 is 15.9 Å². The molecule has 0 aliphatic heterocycles. The maximum atomic E-state index is 10.6. The van der Waals surface area contributed by atoms with Crippen LogP contribution in [0.25, 0.3) is 0 Å². The van der Waals surface area contributed by atoms with Gasteiger partial charge in [-0.15, -0.1) is 0 Å². The van der Waals surface area contributed by atoms with Crippen molar-refractivity contribution in [2.45, 2.75) is 6.92 Å². The zero-order valence-corrected chi connectivity index (χ0v) is 10.5. The fraction of sp³-hybridized carbons (Fsp3) is 0.273. The Morgan fingerprint density at radius 2 is 2.25 bits per heavy atom. The summed E-state index contributed by atoms with van der Waals surface area (Å²) >= 11 is 3.31. The molecule has 84 valence electrons. The summed E-state index contributed by atoms with van der Waals surface area (Å²) in [5.74, 6) is -0.0391. The molecule has 0 aliphatic carbocycles. The summed E-state index contributed by atoms with van der Waals surface area (Å²) in [6, 6.07) is 7.48. The van der Waals surface area contributed by atoms with E-state index < -0.39 is 0 Å². The van der Waals surface area contributed by atoms with Gasteiger partial charge in [0.05, 0.1) is 5.56 Å². The number of benzene rings is 1. The Labute approximate surface area is 103 Å². The molecule has 0 fully saturated rings. The van der Waals surface area contributed by atoms with Gasteiger partial charge in [0, 0.05) is 30.2 Å². The third-order valence-electron chi connectivity index (χ3n) is 1.92. The third kappa shape index (κ3) is 3.91. The summed E-state index contributed by atoms with van der Waals surface area (Å²) < 4.78 is 0.763.